The zero-order chi connectivity index (χ0) is 20.6. The molecule has 0 unspecified atom stereocenters. The third kappa shape index (κ3) is 4.20. The van der Waals surface area contributed by atoms with Gasteiger partial charge in [-0.3, -0.25) is 4.68 Å². The van der Waals surface area contributed by atoms with Gasteiger partial charge in [-0.1, -0.05) is 41.9 Å². The van der Waals surface area contributed by atoms with Gasteiger partial charge in [-0.25, -0.2) is 18.1 Å². The minimum atomic E-state index is -3.69. The Kier molecular flexibility index (Phi) is 5.44. The van der Waals surface area contributed by atoms with Crippen molar-refractivity contribution in [3.8, 4) is 0 Å². The second-order valence-electron chi connectivity index (χ2n) is 6.69. The fraction of sp³-hybridized carbons (Fsp3) is 0.200. The molecule has 2 heterocycles. The SMILES string of the molecule is Cc1nc(S(=O)(=O)NCc2nn(Cc3ccc(Cl)cc3)c3ccccc23)sc1C. The molecular weight excluding hydrogens is 428 g/mol. The fourth-order valence-corrected chi connectivity index (χ4v) is 5.46. The summed E-state index contributed by atoms with van der Waals surface area (Å²) in [6, 6.07) is 15.4. The Labute approximate surface area is 178 Å². The summed E-state index contributed by atoms with van der Waals surface area (Å²) in [5, 5.41) is 6.26. The van der Waals surface area contributed by atoms with Crippen molar-refractivity contribution in [3.05, 3.63) is 75.4 Å². The first-order valence-corrected chi connectivity index (χ1v) is 11.6. The van der Waals surface area contributed by atoms with Crippen molar-refractivity contribution in [2.45, 2.75) is 31.3 Å². The van der Waals surface area contributed by atoms with Gasteiger partial charge in [0.15, 0.2) is 0 Å². The first-order valence-electron chi connectivity index (χ1n) is 8.96. The molecule has 0 spiro atoms. The van der Waals surface area contributed by atoms with Gasteiger partial charge in [-0.2, -0.15) is 5.10 Å². The minimum absolute atomic E-state index is 0.0809. The molecule has 150 valence electrons. The average Bonchev–Trinajstić information content (AvgIpc) is 3.23. The number of halogens is 1. The van der Waals surface area contributed by atoms with E-state index in [0.29, 0.717) is 17.3 Å². The summed E-state index contributed by atoms with van der Waals surface area (Å²) in [6.45, 7) is 4.32. The lowest BCUT2D eigenvalue weighted by Crippen LogP contribution is -2.23. The van der Waals surface area contributed by atoms with Crippen LogP contribution in [0.5, 0.6) is 0 Å². The highest BCUT2D eigenvalue weighted by atomic mass is 35.5. The molecule has 2 aromatic carbocycles. The Morgan fingerprint density at radius 2 is 1.83 bits per heavy atom. The Hall–Kier alpha value is -2.26. The number of rotatable bonds is 6. The van der Waals surface area contributed by atoms with Crippen LogP contribution in [0.15, 0.2) is 52.9 Å². The molecule has 0 bridgehead atoms. The van der Waals surface area contributed by atoms with Gasteiger partial charge >= 0.3 is 0 Å². The van der Waals surface area contributed by atoms with Crippen LogP contribution in [0.25, 0.3) is 10.9 Å². The van der Waals surface area contributed by atoms with E-state index in [4.69, 9.17) is 11.6 Å². The van der Waals surface area contributed by atoms with Gasteiger partial charge in [-0.05, 0) is 37.6 Å². The molecule has 0 amide bonds. The van der Waals surface area contributed by atoms with Gasteiger partial charge in [0.05, 0.1) is 30.0 Å². The maximum Gasteiger partial charge on any atom is 0.268 e. The standard InChI is InChI=1S/C20H19ClN4O2S2/c1-13-14(2)28-20(23-13)29(26,27)22-11-18-17-5-3-4-6-19(17)25(24-18)12-15-7-9-16(21)10-8-15/h3-10,22H,11-12H2,1-2H3. The van der Waals surface area contributed by atoms with E-state index in [-0.39, 0.29) is 10.9 Å². The molecule has 6 nitrogen and oxygen atoms in total. The third-order valence-electron chi connectivity index (χ3n) is 4.65. The van der Waals surface area contributed by atoms with E-state index >= 15 is 0 Å². The van der Waals surface area contributed by atoms with Crippen LogP contribution in [0, 0.1) is 13.8 Å². The van der Waals surface area contributed by atoms with Crippen LogP contribution in [-0.2, 0) is 23.1 Å². The van der Waals surface area contributed by atoms with Crippen molar-refractivity contribution in [2.75, 3.05) is 0 Å². The number of para-hydroxylation sites is 1. The summed E-state index contributed by atoms with van der Waals surface area (Å²) < 4.78 is 29.8. The molecule has 0 aliphatic heterocycles. The van der Waals surface area contributed by atoms with E-state index in [1.807, 2.05) is 60.1 Å². The molecule has 9 heteroatoms. The number of thiazole rings is 1. The first-order chi connectivity index (χ1) is 13.8. The number of aromatic nitrogens is 3. The zero-order valence-electron chi connectivity index (χ0n) is 15.9. The molecule has 0 radical (unpaired) electrons. The van der Waals surface area contributed by atoms with E-state index < -0.39 is 10.0 Å². The molecule has 0 fully saturated rings. The van der Waals surface area contributed by atoms with E-state index in [1.54, 1.807) is 6.92 Å². The average molecular weight is 447 g/mol. The second-order valence-corrected chi connectivity index (χ2v) is 10.3. The zero-order valence-corrected chi connectivity index (χ0v) is 18.3. The van der Waals surface area contributed by atoms with Gasteiger partial charge in [0.2, 0.25) is 4.34 Å². The van der Waals surface area contributed by atoms with Crippen molar-refractivity contribution >= 4 is 43.9 Å². The van der Waals surface area contributed by atoms with Gasteiger partial charge in [0, 0.05) is 15.3 Å². The highest BCUT2D eigenvalue weighted by molar-refractivity contribution is 7.91. The normalized spacial score (nSPS) is 12.0. The predicted octanol–water partition coefficient (Wildman–Crippen LogP) is 4.29. The summed E-state index contributed by atoms with van der Waals surface area (Å²) >= 11 is 7.14. The summed E-state index contributed by atoms with van der Waals surface area (Å²) in [4.78, 5) is 5.05. The van der Waals surface area contributed by atoms with Gasteiger partial charge in [-0.15, -0.1) is 11.3 Å². The number of nitrogens with one attached hydrogen (secondary N) is 1. The number of sulfonamides is 1. The minimum Gasteiger partial charge on any atom is -0.260 e. The van der Waals surface area contributed by atoms with Gasteiger partial charge in [0.25, 0.3) is 10.0 Å². The Morgan fingerprint density at radius 1 is 1.10 bits per heavy atom. The van der Waals surface area contributed by atoms with E-state index in [1.165, 1.54) is 11.3 Å². The van der Waals surface area contributed by atoms with E-state index in [9.17, 15) is 8.42 Å². The predicted molar refractivity (Wildman–Crippen MR) is 116 cm³/mol. The molecule has 29 heavy (non-hydrogen) atoms. The largest absolute Gasteiger partial charge is 0.268 e. The van der Waals surface area contributed by atoms with Crippen LogP contribution in [0.4, 0.5) is 0 Å². The van der Waals surface area contributed by atoms with Crippen molar-refractivity contribution in [3.63, 3.8) is 0 Å². The maximum atomic E-state index is 12.6. The topological polar surface area (TPSA) is 76.9 Å². The number of hydrogen-bond donors (Lipinski definition) is 1. The number of hydrogen-bond acceptors (Lipinski definition) is 5. The van der Waals surface area contributed by atoms with Crippen LogP contribution in [0.1, 0.15) is 21.8 Å². The summed E-state index contributed by atoms with van der Waals surface area (Å²) in [7, 11) is -3.69. The second kappa shape index (κ2) is 7.87. The van der Waals surface area contributed by atoms with Crippen LogP contribution >= 0.6 is 22.9 Å². The lowest BCUT2D eigenvalue weighted by molar-refractivity contribution is 0.578. The fourth-order valence-electron chi connectivity index (χ4n) is 2.99. The van der Waals surface area contributed by atoms with Crippen LogP contribution in [0.3, 0.4) is 0 Å². The van der Waals surface area contributed by atoms with E-state index in [0.717, 1.165) is 27.0 Å². The number of fused-ring (bicyclic) bond motifs is 1. The lowest BCUT2D eigenvalue weighted by atomic mass is 10.2. The van der Waals surface area contributed by atoms with Gasteiger partial charge < -0.3 is 0 Å². The summed E-state index contributed by atoms with van der Waals surface area (Å²) in [5.41, 5.74) is 3.40. The molecule has 2 aromatic heterocycles. The molecule has 4 aromatic rings. The highest BCUT2D eigenvalue weighted by Crippen LogP contribution is 2.23. The van der Waals surface area contributed by atoms with E-state index in [2.05, 4.69) is 14.8 Å². The maximum absolute atomic E-state index is 12.6. The summed E-state index contributed by atoms with van der Waals surface area (Å²) in [5.74, 6) is 0. The molecule has 4 rings (SSSR count). The molecule has 1 N–H and O–H groups in total. The quantitative estimate of drug-likeness (QED) is 0.479. The van der Waals surface area contributed by atoms with Crippen LogP contribution in [-0.4, -0.2) is 23.2 Å². The Balaban J connectivity index is 1.61. The highest BCUT2D eigenvalue weighted by Gasteiger charge is 2.21. The molecule has 0 saturated carbocycles. The Bertz CT molecular complexity index is 1260. The monoisotopic (exact) mass is 446 g/mol. The summed E-state index contributed by atoms with van der Waals surface area (Å²) in [6.07, 6.45) is 0. The van der Waals surface area contributed by atoms with Crippen LogP contribution in [0.2, 0.25) is 5.02 Å². The number of aryl methyl sites for hydroxylation is 2. The molecule has 0 aliphatic carbocycles. The third-order valence-corrected chi connectivity index (χ3v) is 7.75. The molecule has 0 aliphatic rings. The van der Waals surface area contributed by atoms with Crippen molar-refractivity contribution in [2.24, 2.45) is 0 Å². The first kappa shape index (κ1) is 20.0. The van der Waals surface area contributed by atoms with Crippen molar-refractivity contribution in [1.82, 2.24) is 19.5 Å². The molecule has 0 atom stereocenters. The molecule has 0 saturated heterocycles. The van der Waals surface area contributed by atoms with Crippen LogP contribution < -0.4 is 4.72 Å². The molecular formula is C20H19ClN4O2S2. The van der Waals surface area contributed by atoms with Crippen molar-refractivity contribution < 1.29 is 8.42 Å². The number of nitrogens with zero attached hydrogens (tertiary/aromatic N) is 3. The number of benzene rings is 2. The van der Waals surface area contributed by atoms with Gasteiger partial charge in [0.1, 0.15) is 0 Å². The Morgan fingerprint density at radius 3 is 2.52 bits per heavy atom. The van der Waals surface area contributed by atoms with Crippen molar-refractivity contribution in [1.29, 1.82) is 0 Å². The lowest BCUT2D eigenvalue weighted by Gasteiger charge is -2.04. The smallest absolute Gasteiger partial charge is 0.260 e.